The molecule has 1 unspecified atom stereocenters. The number of hydrogen-bond acceptors (Lipinski definition) is 3. The van der Waals surface area contributed by atoms with Crippen molar-refractivity contribution < 1.29 is 5.11 Å². The molecule has 86 valence electrons. The third-order valence-corrected chi connectivity index (χ3v) is 2.73. The molecule has 3 N–H and O–H groups in total. The van der Waals surface area contributed by atoms with E-state index < -0.39 is 0 Å². The van der Waals surface area contributed by atoms with Crippen molar-refractivity contribution in [2.24, 2.45) is 0 Å². The molecule has 0 radical (unpaired) electrons. The van der Waals surface area contributed by atoms with E-state index in [0.29, 0.717) is 0 Å². The van der Waals surface area contributed by atoms with Crippen LogP contribution in [-0.4, -0.2) is 20.8 Å². The Balaban J connectivity index is 2.40. The van der Waals surface area contributed by atoms with Gasteiger partial charge in [0.05, 0.1) is 17.1 Å². The molecule has 1 aromatic carbocycles. The summed E-state index contributed by atoms with van der Waals surface area (Å²) in [6.45, 7) is 4.55. The molecular formula is C12H17N3O. The molecule has 2 aromatic rings. The van der Waals surface area contributed by atoms with Crippen molar-refractivity contribution in [3.63, 3.8) is 0 Å². The molecule has 0 saturated carbocycles. The average molecular weight is 219 g/mol. The van der Waals surface area contributed by atoms with E-state index in [-0.39, 0.29) is 6.10 Å². The molecule has 4 nitrogen and oxygen atoms in total. The molecule has 0 aliphatic carbocycles. The first-order chi connectivity index (χ1) is 7.58. The van der Waals surface area contributed by atoms with Crippen LogP contribution in [0.1, 0.15) is 19.2 Å². The quantitative estimate of drug-likeness (QED) is 0.772. The minimum atomic E-state index is -0.286. The third kappa shape index (κ3) is 2.02. The zero-order valence-electron chi connectivity index (χ0n) is 9.64. The Kier molecular flexibility index (Phi) is 2.83. The molecule has 0 amide bonds. The summed E-state index contributed by atoms with van der Waals surface area (Å²) < 4.78 is 2.11. The predicted octanol–water partition coefficient (Wildman–Crippen LogP) is 1.70. The lowest BCUT2D eigenvalue weighted by Crippen LogP contribution is -2.08. The predicted molar refractivity (Wildman–Crippen MR) is 65.2 cm³/mol. The van der Waals surface area contributed by atoms with Gasteiger partial charge in [0.1, 0.15) is 5.82 Å². The number of aromatic nitrogens is 2. The minimum Gasteiger partial charge on any atom is -0.399 e. The highest BCUT2D eigenvalue weighted by molar-refractivity contribution is 5.79. The summed E-state index contributed by atoms with van der Waals surface area (Å²) in [5.41, 5.74) is 8.44. The third-order valence-electron chi connectivity index (χ3n) is 2.73. The zero-order valence-corrected chi connectivity index (χ0v) is 9.64. The van der Waals surface area contributed by atoms with Crippen LogP contribution in [0.15, 0.2) is 18.2 Å². The lowest BCUT2D eigenvalue weighted by atomic mass is 10.2. The van der Waals surface area contributed by atoms with Gasteiger partial charge in [0, 0.05) is 12.2 Å². The lowest BCUT2D eigenvalue weighted by molar-refractivity contribution is 0.178. The minimum absolute atomic E-state index is 0.286. The number of nitrogens with zero attached hydrogens (tertiary/aromatic N) is 2. The smallest absolute Gasteiger partial charge is 0.106 e. The van der Waals surface area contributed by atoms with Gasteiger partial charge in [-0.3, -0.25) is 0 Å². The first-order valence-electron chi connectivity index (χ1n) is 5.48. The zero-order chi connectivity index (χ0) is 11.7. The van der Waals surface area contributed by atoms with E-state index in [9.17, 15) is 5.11 Å². The maximum absolute atomic E-state index is 9.30. The standard InChI is InChI=1S/C12H17N3O/c1-8(16)5-6-15-9(2)14-11-7-10(13)3-4-12(11)15/h3-4,7-8,16H,5-6,13H2,1-2H3. The molecule has 16 heavy (non-hydrogen) atoms. The van der Waals surface area contributed by atoms with Gasteiger partial charge >= 0.3 is 0 Å². The van der Waals surface area contributed by atoms with Crippen LogP contribution in [0.25, 0.3) is 11.0 Å². The number of rotatable bonds is 3. The normalized spacial score (nSPS) is 13.2. The molecule has 0 saturated heterocycles. The van der Waals surface area contributed by atoms with Crippen LogP contribution in [0.5, 0.6) is 0 Å². The molecule has 0 aliphatic rings. The number of fused-ring (bicyclic) bond motifs is 1. The summed E-state index contributed by atoms with van der Waals surface area (Å²) in [4.78, 5) is 4.45. The van der Waals surface area contributed by atoms with Crippen molar-refractivity contribution in [3.8, 4) is 0 Å². The maximum Gasteiger partial charge on any atom is 0.106 e. The van der Waals surface area contributed by atoms with Gasteiger partial charge in [-0.2, -0.15) is 0 Å². The van der Waals surface area contributed by atoms with E-state index in [1.165, 1.54) is 0 Å². The monoisotopic (exact) mass is 219 g/mol. The van der Waals surface area contributed by atoms with Crippen LogP contribution in [-0.2, 0) is 6.54 Å². The number of benzene rings is 1. The Morgan fingerprint density at radius 2 is 2.25 bits per heavy atom. The van der Waals surface area contributed by atoms with Crippen LogP contribution in [0, 0.1) is 6.92 Å². The van der Waals surface area contributed by atoms with E-state index in [1.807, 2.05) is 25.1 Å². The second kappa shape index (κ2) is 4.14. The molecule has 0 aliphatic heterocycles. The van der Waals surface area contributed by atoms with Crippen LogP contribution in [0.2, 0.25) is 0 Å². The van der Waals surface area contributed by atoms with Crippen molar-refractivity contribution in [1.29, 1.82) is 0 Å². The number of anilines is 1. The van der Waals surface area contributed by atoms with Crippen molar-refractivity contribution in [3.05, 3.63) is 24.0 Å². The first-order valence-corrected chi connectivity index (χ1v) is 5.48. The lowest BCUT2D eigenvalue weighted by Gasteiger charge is -2.08. The van der Waals surface area contributed by atoms with Gasteiger partial charge in [0.15, 0.2) is 0 Å². The van der Waals surface area contributed by atoms with Gasteiger partial charge in [0.2, 0.25) is 0 Å². The summed E-state index contributed by atoms with van der Waals surface area (Å²) in [5, 5.41) is 9.30. The van der Waals surface area contributed by atoms with E-state index in [0.717, 1.165) is 35.5 Å². The number of nitrogen functional groups attached to an aromatic ring is 1. The number of aliphatic hydroxyl groups is 1. The van der Waals surface area contributed by atoms with Gasteiger partial charge in [-0.05, 0) is 38.5 Å². The Labute approximate surface area is 94.7 Å². The molecule has 0 spiro atoms. The highest BCUT2D eigenvalue weighted by Crippen LogP contribution is 2.19. The van der Waals surface area contributed by atoms with Gasteiger partial charge < -0.3 is 15.4 Å². The molecule has 1 heterocycles. The fourth-order valence-electron chi connectivity index (χ4n) is 1.87. The molecule has 1 aromatic heterocycles. The fraction of sp³-hybridized carbons (Fsp3) is 0.417. The summed E-state index contributed by atoms with van der Waals surface area (Å²) >= 11 is 0. The first kappa shape index (κ1) is 11.0. The number of hydrogen-bond donors (Lipinski definition) is 2. The van der Waals surface area contributed by atoms with E-state index in [2.05, 4.69) is 9.55 Å². The second-order valence-corrected chi connectivity index (χ2v) is 4.20. The van der Waals surface area contributed by atoms with E-state index in [1.54, 1.807) is 6.92 Å². The Hall–Kier alpha value is -1.55. The van der Waals surface area contributed by atoms with Gasteiger partial charge in [-0.15, -0.1) is 0 Å². The molecule has 4 heteroatoms. The maximum atomic E-state index is 9.30. The van der Waals surface area contributed by atoms with Crippen LogP contribution < -0.4 is 5.73 Å². The number of aryl methyl sites for hydroxylation is 2. The van der Waals surface area contributed by atoms with Crippen molar-refractivity contribution in [2.45, 2.75) is 32.9 Å². The molecule has 1 atom stereocenters. The van der Waals surface area contributed by atoms with Crippen molar-refractivity contribution in [1.82, 2.24) is 9.55 Å². The topological polar surface area (TPSA) is 64.1 Å². The van der Waals surface area contributed by atoms with Crippen LogP contribution in [0.4, 0.5) is 5.69 Å². The van der Waals surface area contributed by atoms with Crippen molar-refractivity contribution >= 4 is 16.7 Å². The number of nitrogens with two attached hydrogens (primary N) is 1. The van der Waals surface area contributed by atoms with Gasteiger partial charge in [-0.25, -0.2) is 4.98 Å². The number of imidazole rings is 1. The summed E-state index contributed by atoms with van der Waals surface area (Å²) in [6.07, 6.45) is 0.446. The average Bonchev–Trinajstić information content (AvgIpc) is 2.50. The SMILES string of the molecule is Cc1nc2cc(N)ccc2n1CCC(C)O. The number of aliphatic hydroxyl groups excluding tert-OH is 1. The summed E-state index contributed by atoms with van der Waals surface area (Å²) in [7, 11) is 0. The molecule has 0 fully saturated rings. The van der Waals surface area contributed by atoms with Gasteiger partial charge in [-0.1, -0.05) is 0 Å². The van der Waals surface area contributed by atoms with E-state index in [4.69, 9.17) is 5.73 Å². The van der Waals surface area contributed by atoms with Crippen LogP contribution in [0.3, 0.4) is 0 Å². The Bertz CT molecular complexity index is 502. The Morgan fingerprint density at radius 3 is 2.94 bits per heavy atom. The van der Waals surface area contributed by atoms with Gasteiger partial charge in [0.25, 0.3) is 0 Å². The molecular weight excluding hydrogens is 202 g/mol. The highest BCUT2D eigenvalue weighted by atomic mass is 16.3. The fourth-order valence-corrected chi connectivity index (χ4v) is 1.87. The molecule has 2 rings (SSSR count). The Morgan fingerprint density at radius 1 is 1.50 bits per heavy atom. The van der Waals surface area contributed by atoms with Crippen molar-refractivity contribution in [2.75, 3.05) is 5.73 Å². The van der Waals surface area contributed by atoms with Crippen LogP contribution >= 0.6 is 0 Å². The largest absolute Gasteiger partial charge is 0.399 e. The summed E-state index contributed by atoms with van der Waals surface area (Å²) in [6, 6.07) is 5.73. The molecule has 0 bridgehead atoms. The van der Waals surface area contributed by atoms with E-state index >= 15 is 0 Å². The highest BCUT2D eigenvalue weighted by Gasteiger charge is 2.08. The summed E-state index contributed by atoms with van der Waals surface area (Å²) in [5.74, 6) is 0.959. The second-order valence-electron chi connectivity index (χ2n) is 4.20.